The summed E-state index contributed by atoms with van der Waals surface area (Å²) in [5.41, 5.74) is 0.257. The molecule has 2 aromatic rings. The van der Waals surface area contributed by atoms with Crippen LogP contribution in [-0.2, 0) is 0 Å². The van der Waals surface area contributed by atoms with Crippen molar-refractivity contribution in [3.05, 3.63) is 52.5 Å². The Bertz CT molecular complexity index is 628. The van der Waals surface area contributed by atoms with Crippen LogP contribution in [0.4, 0.5) is 5.69 Å². The van der Waals surface area contributed by atoms with E-state index in [1.807, 2.05) is 0 Å². The predicted octanol–water partition coefficient (Wildman–Crippen LogP) is 2.19. The van der Waals surface area contributed by atoms with E-state index in [1.54, 1.807) is 18.2 Å². The van der Waals surface area contributed by atoms with Crippen LogP contribution in [0, 0.1) is 0 Å². The van der Waals surface area contributed by atoms with Gasteiger partial charge in [-0.2, -0.15) is 0 Å². The third kappa shape index (κ3) is 3.14. The molecule has 0 saturated heterocycles. The van der Waals surface area contributed by atoms with E-state index in [1.165, 1.54) is 18.5 Å². The molecule has 2 aromatic heterocycles. The third-order valence-corrected chi connectivity index (χ3v) is 2.72. The molecule has 2 heterocycles. The molecular weight excluding hydrogens is 314 g/mol. The van der Waals surface area contributed by atoms with Crippen molar-refractivity contribution in [2.45, 2.75) is 0 Å². The number of carboxylic acids is 1. The average Bonchev–Trinajstić information content (AvgIpc) is 2.39. The highest BCUT2D eigenvalue weighted by atomic mass is 79.9. The highest BCUT2D eigenvalue weighted by Gasteiger charge is 2.14. The first-order chi connectivity index (χ1) is 9.08. The molecule has 0 aliphatic rings. The molecule has 2 rings (SSSR count). The Balaban J connectivity index is 2.24. The van der Waals surface area contributed by atoms with Crippen molar-refractivity contribution >= 4 is 33.5 Å². The largest absolute Gasteiger partial charge is 0.476 e. The fraction of sp³-hybridized carbons (Fsp3) is 0. The molecule has 0 aliphatic carbocycles. The van der Waals surface area contributed by atoms with Crippen LogP contribution in [0.25, 0.3) is 0 Å². The van der Waals surface area contributed by atoms with E-state index in [0.29, 0.717) is 10.2 Å². The third-order valence-electron chi connectivity index (χ3n) is 2.25. The summed E-state index contributed by atoms with van der Waals surface area (Å²) in [4.78, 5) is 30.5. The summed E-state index contributed by atoms with van der Waals surface area (Å²) in [7, 11) is 0. The van der Waals surface area contributed by atoms with Gasteiger partial charge in [-0.15, -0.1) is 0 Å². The SMILES string of the molecule is O=C(Nc1cccnc1C(=O)O)c1ccc(Br)nc1. The number of halogens is 1. The summed E-state index contributed by atoms with van der Waals surface area (Å²) < 4.78 is 0.608. The fourth-order valence-electron chi connectivity index (χ4n) is 1.38. The van der Waals surface area contributed by atoms with Gasteiger partial charge in [0.05, 0.1) is 11.3 Å². The standard InChI is InChI=1S/C12H8BrN3O3/c13-9-4-3-7(6-15-9)11(17)16-8-2-1-5-14-10(8)12(18)19/h1-6H,(H,16,17)(H,18,19). The lowest BCUT2D eigenvalue weighted by atomic mass is 10.2. The summed E-state index contributed by atoms with van der Waals surface area (Å²) >= 11 is 3.16. The van der Waals surface area contributed by atoms with E-state index in [0.717, 1.165) is 0 Å². The van der Waals surface area contributed by atoms with Gasteiger partial charge in [-0.05, 0) is 40.2 Å². The quantitative estimate of drug-likeness (QED) is 0.845. The van der Waals surface area contributed by atoms with Gasteiger partial charge in [0.1, 0.15) is 4.60 Å². The molecule has 0 spiro atoms. The first kappa shape index (κ1) is 13.2. The Hall–Kier alpha value is -2.28. The van der Waals surface area contributed by atoms with Crippen LogP contribution in [0.15, 0.2) is 41.3 Å². The number of nitrogens with zero attached hydrogens (tertiary/aromatic N) is 2. The molecule has 0 atom stereocenters. The molecule has 7 heteroatoms. The van der Waals surface area contributed by atoms with Crippen molar-refractivity contribution in [2.24, 2.45) is 0 Å². The molecule has 1 amide bonds. The zero-order valence-electron chi connectivity index (χ0n) is 9.50. The van der Waals surface area contributed by atoms with Gasteiger partial charge in [0, 0.05) is 12.4 Å². The van der Waals surface area contributed by atoms with E-state index < -0.39 is 11.9 Å². The van der Waals surface area contributed by atoms with Gasteiger partial charge in [0.15, 0.2) is 5.69 Å². The molecule has 6 nitrogen and oxygen atoms in total. The van der Waals surface area contributed by atoms with Crippen LogP contribution in [0.1, 0.15) is 20.8 Å². The number of aromatic carboxylic acids is 1. The van der Waals surface area contributed by atoms with Gasteiger partial charge in [0.25, 0.3) is 5.91 Å². The second kappa shape index (κ2) is 5.57. The van der Waals surface area contributed by atoms with Crippen LogP contribution in [0.3, 0.4) is 0 Å². The van der Waals surface area contributed by atoms with Crippen molar-refractivity contribution in [2.75, 3.05) is 5.32 Å². The van der Waals surface area contributed by atoms with Gasteiger partial charge in [-0.3, -0.25) is 4.79 Å². The minimum atomic E-state index is -1.20. The Morgan fingerprint density at radius 2 is 2.00 bits per heavy atom. The molecule has 96 valence electrons. The van der Waals surface area contributed by atoms with E-state index in [2.05, 4.69) is 31.2 Å². The number of pyridine rings is 2. The van der Waals surface area contributed by atoms with Crippen LogP contribution >= 0.6 is 15.9 Å². The van der Waals surface area contributed by atoms with Crippen LogP contribution in [0.5, 0.6) is 0 Å². The Morgan fingerprint density at radius 3 is 2.63 bits per heavy atom. The van der Waals surface area contributed by atoms with Gasteiger partial charge in [-0.1, -0.05) is 0 Å². The van der Waals surface area contributed by atoms with Crippen molar-refractivity contribution in [3.63, 3.8) is 0 Å². The molecule has 0 aliphatic heterocycles. The fourth-order valence-corrected chi connectivity index (χ4v) is 1.62. The minimum Gasteiger partial charge on any atom is -0.476 e. The van der Waals surface area contributed by atoms with Gasteiger partial charge in [-0.25, -0.2) is 14.8 Å². The normalized spacial score (nSPS) is 9.95. The minimum absolute atomic E-state index is 0.142. The number of rotatable bonds is 3. The number of anilines is 1. The maximum atomic E-state index is 11.9. The summed E-state index contributed by atoms with van der Waals surface area (Å²) in [6.07, 6.45) is 2.73. The number of carbonyl (C=O) groups is 2. The Labute approximate surface area is 116 Å². The Kier molecular flexibility index (Phi) is 3.86. The van der Waals surface area contributed by atoms with Crippen molar-refractivity contribution in [1.29, 1.82) is 0 Å². The van der Waals surface area contributed by atoms with Crippen molar-refractivity contribution in [3.8, 4) is 0 Å². The predicted molar refractivity (Wildman–Crippen MR) is 71.1 cm³/mol. The van der Waals surface area contributed by atoms with Crippen LogP contribution in [-0.4, -0.2) is 27.0 Å². The number of carbonyl (C=O) groups excluding carboxylic acids is 1. The second-order valence-corrected chi connectivity index (χ2v) is 4.34. The number of amides is 1. The van der Waals surface area contributed by atoms with Crippen LogP contribution in [0.2, 0.25) is 0 Å². The maximum Gasteiger partial charge on any atom is 0.356 e. The van der Waals surface area contributed by atoms with Gasteiger partial charge < -0.3 is 10.4 Å². The average molecular weight is 322 g/mol. The highest BCUT2D eigenvalue weighted by Crippen LogP contribution is 2.14. The molecule has 0 unspecified atom stereocenters. The summed E-state index contributed by atoms with van der Waals surface area (Å²) in [5, 5.41) is 11.4. The summed E-state index contributed by atoms with van der Waals surface area (Å²) in [6, 6.07) is 6.21. The van der Waals surface area contributed by atoms with Crippen molar-refractivity contribution in [1.82, 2.24) is 9.97 Å². The number of carboxylic acid groups (broad SMARTS) is 1. The van der Waals surface area contributed by atoms with E-state index in [-0.39, 0.29) is 11.4 Å². The van der Waals surface area contributed by atoms with Gasteiger partial charge >= 0.3 is 5.97 Å². The molecule has 0 fully saturated rings. The van der Waals surface area contributed by atoms with E-state index in [4.69, 9.17) is 5.11 Å². The first-order valence-electron chi connectivity index (χ1n) is 5.19. The second-order valence-electron chi connectivity index (χ2n) is 3.53. The lowest BCUT2D eigenvalue weighted by molar-refractivity contribution is 0.0692. The number of aromatic nitrogens is 2. The lowest BCUT2D eigenvalue weighted by Crippen LogP contribution is -2.15. The van der Waals surface area contributed by atoms with Crippen LogP contribution < -0.4 is 5.32 Å². The summed E-state index contributed by atoms with van der Waals surface area (Å²) in [6.45, 7) is 0. The van der Waals surface area contributed by atoms with Gasteiger partial charge in [0.2, 0.25) is 0 Å². The number of nitrogens with one attached hydrogen (secondary N) is 1. The van der Waals surface area contributed by atoms with E-state index in [9.17, 15) is 9.59 Å². The molecule has 0 aromatic carbocycles. The number of hydrogen-bond acceptors (Lipinski definition) is 4. The molecule has 19 heavy (non-hydrogen) atoms. The van der Waals surface area contributed by atoms with Crippen molar-refractivity contribution < 1.29 is 14.7 Å². The maximum absolute atomic E-state index is 11.9. The smallest absolute Gasteiger partial charge is 0.356 e. The zero-order valence-corrected chi connectivity index (χ0v) is 11.1. The monoisotopic (exact) mass is 321 g/mol. The molecule has 2 N–H and O–H groups in total. The topological polar surface area (TPSA) is 92.2 Å². The number of hydrogen-bond donors (Lipinski definition) is 2. The molecule has 0 radical (unpaired) electrons. The summed E-state index contributed by atoms with van der Waals surface area (Å²) in [5.74, 6) is -1.65. The lowest BCUT2D eigenvalue weighted by Gasteiger charge is -2.07. The van der Waals surface area contributed by atoms with E-state index >= 15 is 0 Å². The molecule has 0 saturated carbocycles. The molecule has 0 bridgehead atoms. The highest BCUT2D eigenvalue weighted by molar-refractivity contribution is 9.10. The molecular formula is C12H8BrN3O3. The first-order valence-corrected chi connectivity index (χ1v) is 5.98. The zero-order chi connectivity index (χ0) is 13.8. The Morgan fingerprint density at radius 1 is 1.21 bits per heavy atom.